The first-order chi connectivity index (χ1) is 9.14. The number of nitrogens with zero attached hydrogens (tertiary/aromatic N) is 2. The SMILES string of the molecule is CCCN(CCN(C)C)C(C)(CN)CCCC(F)(F)F. The van der Waals surface area contributed by atoms with Crippen LogP contribution >= 0.6 is 0 Å². The van der Waals surface area contributed by atoms with Crippen LogP contribution in [0.1, 0.15) is 39.5 Å². The van der Waals surface area contributed by atoms with Crippen molar-refractivity contribution in [3.8, 4) is 0 Å². The Morgan fingerprint density at radius 1 is 1.00 bits per heavy atom. The minimum atomic E-state index is -4.07. The zero-order chi connectivity index (χ0) is 15.8. The molecule has 3 nitrogen and oxygen atoms in total. The topological polar surface area (TPSA) is 32.5 Å². The minimum Gasteiger partial charge on any atom is -0.329 e. The third-order valence-corrected chi connectivity index (χ3v) is 3.69. The number of alkyl halides is 3. The Bertz CT molecular complexity index is 257. The number of hydrogen-bond donors (Lipinski definition) is 1. The van der Waals surface area contributed by atoms with Crippen LogP contribution in [-0.4, -0.2) is 61.8 Å². The zero-order valence-corrected chi connectivity index (χ0v) is 13.3. The molecule has 0 aliphatic rings. The predicted molar refractivity (Wildman–Crippen MR) is 77.8 cm³/mol. The largest absolute Gasteiger partial charge is 0.389 e. The van der Waals surface area contributed by atoms with Gasteiger partial charge in [0, 0.05) is 31.6 Å². The summed E-state index contributed by atoms with van der Waals surface area (Å²) in [4.78, 5) is 4.32. The molecule has 0 aromatic heterocycles. The Morgan fingerprint density at radius 3 is 2.00 bits per heavy atom. The Labute approximate surface area is 121 Å². The highest BCUT2D eigenvalue weighted by Gasteiger charge is 2.32. The van der Waals surface area contributed by atoms with Gasteiger partial charge in [-0.05, 0) is 46.8 Å². The van der Waals surface area contributed by atoms with E-state index in [2.05, 4.69) is 16.7 Å². The van der Waals surface area contributed by atoms with Crippen molar-refractivity contribution in [1.82, 2.24) is 9.80 Å². The molecule has 20 heavy (non-hydrogen) atoms. The normalized spacial score (nSPS) is 15.9. The van der Waals surface area contributed by atoms with E-state index in [-0.39, 0.29) is 12.0 Å². The Hall–Kier alpha value is -0.330. The summed E-state index contributed by atoms with van der Waals surface area (Å²) in [5, 5.41) is 0. The number of hydrogen-bond acceptors (Lipinski definition) is 3. The minimum absolute atomic E-state index is 0.138. The van der Waals surface area contributed by atoms with Crippen molar-refractivity contribution in [2.24, 2.45) is 5.73 Å². The molecule has 0 heterocycles. The van der Waals surface area contributed by atoms with Crippen LogP contribution in [0.4, 0.5) is 13.2 Å². The fourth-order valence-corrected chi connectivity index (χ4v) is 2.30. The monoisotopic (exact) mass is 297 g/mol. The second kappa shape index (κ2) is 8.85. The molecule has 0 aromatic rings. The molecule has 0 aromatic carbocycles. The maximum Gasteiger partial charge on any atom is 0.389 e. The summed E-state index contributed by atoms with van der Waals surface area (Å²) >= 11 is 0. The van der Waals surface area contributed by atoms with Crippen LogP contribution in [0.3, 0.4) is 0 Å². The molecule has 0 saturated carbocycles. The number of halogens is 3. The molecular formula is C14H30F3N3. The first-order valence-corrected chi connectivity index (χ1v) is 7.31. The Kier molecular flexibility index (Phi) is 8.70. The molecule has 1 unspecified atom stereocenters. The van der Waals surface area contributed by atoms with E-state index in [9.17, 15) is 13.2 Å². The van der Waals surface area contributed by atoms with Crippen molar-refractivity contribution in [2.45, 2.75) is 51.2 Å². The maximum atomic E-state index is 12.3. The van der Waals surface area contributed by atoms with Gasteiger partial charge in [0.15, 0.2) is 0 Å². The molecule has 122 valence electrons. The van der Waals surface area contributed by atoms with Crippen LogP contribution in [0.2, 0.25) is 0 Å². The Balaban J connectivity index is 4.57. The van der Waals surface area contributed by atoms with Crippen molar-refractivity contribution >= 4 is 0 Å². The van der Waals surface area contributed by atoms with Gasteiger partial charge in [-0.3, -0.25) is 4.90 Å². The van der Waals surface area contributed by atoms with Gasteiger partial charge in [-0.2, -0.15) is 13.2 Å². The van der Waals surface area contributed by atoms with Crippen molar-refractivity contribution in [3.05, 3.63) is 0 Å². The molecule has 0 aliphatic carbocycles. The highest BCUT2D eigenvalue weighted by molar-refractivity contribution is 4.87. The first kappa shape index (κ1) is 19.7. The molecule has 6 heteroatoms. The van der Waals surface area contributed by atoms with E-state index < -0.39 is 12.6 Å². The summed E-state index contributed by atoms with van der Waals surface area (Å²) in [6.07, 6.45) is -3.21. The van der Waals surface area contributed by atoms with Gasteiger partial charge >= 0.3 is 6.18 Å². The van der Waals surface area contributed by atoms with E-state index in [4.69, 9.17) is 5.73 Å². The average Bonchev–Trinajstić information content (AvgIpc) is 2.32. The molecule has 0 amide bonds. The van der Waals surface area contributed by atoms with Crippen LogP contribution in [0.25, 0.3) is 0 Å². The van der Waals surface area contributed by atoms with E-state index in [1.165, 1.54) is 0 Å². The summed E-state index contributed by atoms with van der Waals surface area (Å²) in [7, 11) is 3.99. The quantitative estimate of drug-likeness (QED) is 0.673. The molecule has 1 atom stereocenters. The van der Waals surface area contributed by atoms with Crippen LogP contribution in [0.15, 0.2) is 0 Å². The first-order valence-electron chi connectivity index (χ1n) is 7.31. The second-order valence-corrected chi connectivity index (χ2v) is 5.96. The molecule has 0 bridgehead atoms. The lowest BCUT2D eigenvalue weighted by molar-refractivity contribution is -0.136. The van der Waals surface area contributed by atoms with Gasteiger partial charge in [0.25, 0.3) is 0 Å². The molecule has 2 N–H and O–H groups in total. The van der Waals surface area contributed by atoms with Gasteiger partial charge in [-0.15, -0.1) is 0 Å². The molecule has 0 aliphatic heterocycles. The summed E-state index contributed by atoms with van der Waals surface area (Å²) in [5.74, 6) is 0. The van der Waals surface area contributed by atoms with Crippen LogP contribution < -0.4 is 5.73 Å². The average molecular weight is 297 g/mol. The van der Waals surface area contributed by atoms with E-state index in [0.717, 1.165) is 26.1 Å². The van der Waals surface area contributed by atoms with Crippen molar-refractivity contribution in [2.75, 3.05) is 40.3 Å². The predicted octanol–water partition coefficient (Wildman–Crippen LogP) is 2.71. The fourth-order valence-electron chi connectivity index (χ4n) is 2.30. The highest BCUT2D eigenvalue weighted by atomic mass is 19.4. The smallest absolute Gasteiger partial charge is 0.329 e. The fraction of sp³-hybridized carbons (Fsp3) is 1.00. The third kappa shape index (κ3) is 8.07. The third-order valence-electron chi connectivity index (χ3n) is 3.69. The lowest BCUT2D eigenvalue weighted by atomic mass is 9.92. The van der Waals surface area contributed by atoms with E-state index in [1.54, 1.807) is 0 Å². The lowest BCUT2D eigenvalue weighted by Crippen LogP contribution is -2.53. The number of likely N-dealkylation sites (N-methyl/N-ethyl adjacent to an activating group) is 1. The van der Waals surface area contributed by atoms with Crippen LogP contribution in [-0.2, 0) is 0 Å². The zero-order valence-electron chi connectivity index (χ0n) is 13.3. The van der Waals surface area contributed by atoms with Crippen molar-refractivity contribution in [1.29, 1.82) is 0 Å². The molecule has 0 rings (SSSR count). The highest BCUT2D eigenvalue weighted by Crippen LogP contribution is 2.27. The molecule has 0 fully saturated rings. The Morgan fingerprint density at radius 2 is 1.60 bits per heavy atom. The molecular weight excluding hydrogens is 267 g/mol. The van der Waals surface area contributed by atoms with Gasteiger partial charge in [-0.25, -0.2) is 0 Å². The lowest BCUT2D eigenvalue weighted by Gasteiger charge is -2.41. The van der Waals surface area contributed by atoms with E-state index >= 15 is 0 Å². The van der Waals surface area contributed by atoms with Crippen LogP contribution in [0, 0.1) is 0 Å². The van der Waals surface area contributed by atoms with Gasteiger partial charge in [-0.1, -0.05) is 6.92 Å². The maximum absolute atomic E-state index is 12.3. The van der Waals surface area contributed by atoms with Gasteiger partial charge < -0.3 is 10.6 Å². The summed E-state index contributed by atoms with van der Waals surface area (Å²) in [6, 6.07) is 0. The van der Waals surface area contributed by atoms with Crippen molar-refractivity contribution in [3.63, 3.8) is 0 Å². The molecule has 0 radical (unpaired) electrons. The standard InChI is InChI=1S/C14H30F3N3/c1-5-9-20(11-10-19(3)4)13(2,12-18)7-6-8-14(15,16)17/h5-12,18H2,1-4H3. The van der Waals surface area contributed by atoms with Gasteiger partial charge in [0.05, 0.1) is 0 Å². The number of nitrogens with two attached hydrogens (primary N) is 1. The summed E-state index contributed by atoms with van der Waals surface area (Å²) < 4.78 is 36.9. The number of rotatable bonds is 10. The van der Waals surface area contributed by atoms with E-state index in [0.29, 0.717) is 13.0 Å². The summed E-state index contributed by atoms with van der Waals surface area (Å²) in [5.41, 5.74) is 5.51. The molecule has 0 spiro atoms. The second-order valence-electron chi connectivity index (χ2n) is 5.96. The van der Waals surface area contributed by atoms with Crippen molar-refractivity contribution < 1.29 is 13.2 Å². The van der Waals surface area contributed by atoms with E-state index in [1.807, 2.05) is 21.0 Å². The van der Waals surface area contributed by atoms with Gasteiger partial charge in [0.2, 0.25) is 0 Å². The van der Waals surface area contributed by atoms with Gasteiger partial charge in [0.1, 0.15) is 0 Å². The molecule has 0 saturated heterocycles. The van der Waals surface area contributed by atoms with Crippen LogP contribution in [0.5, 0.6) is 0 Å². The summed E-state index contributed by atoms with van der Waals surface area (Å²) in [6.45, 7) is 7.03.